The van der Waals surface area contributed by atoms with Crippen LogP contribution in [0.5, 0.6) is 0 Å². The second-order valence-electron chi connectivity index (χ2n) is 5.01. The van der Waals surface area contributed by atoms with Crippen LogP contribution in [0.3, 0.4) is 0 Å². The Morgan fingerprint density at radius 3 is 2.79 bits per heavy atom. The highest BCUT2D eigenvalue weighted by Gasteiger charge is 2.20. The molecule has 0 amide bonds. The van der Waals surface area contributed by atoms with E-state index in [1.54, 1.807) is 12.1 Å². The Hall–Kier alpha value is -1.13. The number of benzene rings is 1. The van der Waals surface area contributed by atoms with Gasteiger partial charge in [-0.05, 0) is 43.1 Å². The zero-order valence-corrected chi connectivity index (χ0v) is 11.8. The molecule has 4 heteroatoms. The van der Waals surface area contributed by atoms with Gasteiger partial charge in [0.1, 0.15) is 5.82 Å². The van der Waals surface area contributed by atoms with Crippen LogP contribution in [-0.4, -0.2) is 32.8 Å². The smallest absolute Gasteiger partial charge is 0.123 e. The van der Waals surface area contributed by atoms with Crippen LogP contribution in [0, 0.1) is 5.82 Å². The summed E-state index contributed by atoms with van der Waals surface area (Å²) in [7, 11) is 2.10. The maximum absolute atomic E-state index is 13.4. The molecular formula is C15H23FN2O. The maximum atomic E-state index is 13.4. The minimum atomic E-state index is -0.169. The summed E-state index contributed by atoms with van der Waals surface area (Å²) in [6, 6.07) is 5.55. The van der Waals surface area contributed by atoms with Crippen LogP contribution in [0.25, 0.3) is 0 Å². The number of hydrogen-bond acceptors (Lipinski definition) is 3. The minimum Gasteiger partial charge on any atom is -0.381 e. The summed E-state index contributed by atoms with van der Waals surface area (Å²) in [5.74, 6) is -0.169. The monoisotopic (exact) mass is 266 g/mol. The number of nitrogens with one attached hydrogen (secondary N) is 1. The Morgan fingerprint density at radius 2 is 2.11 bits per heavy atom. The van der Waals surface area contributed by atoms with Gasteiger partial charge in [-0.3, -0.25) is 0 Å². The molecule has 1 heterocycles. The number of ether oxygens (including phenoxy) is 1. The van der Waals surface area contributed by atoms with Crippen LogP contribution in [-0.2, 0) is 11.3 Å². The summed E-state index contributed by atoms with van der Waals surface area (Å²) >= 11 is 0. The van der Waals surface area contributed by atoms with E-state index in [-0.39, 0.29) is 5.82 Å². The molecule has 3 nitrogen and oxygen atoms in total. The van der Waals surface area contributed by atoms with Gasteiger partial charge in [0.2, 0.25) is 0 Å². The lowest BCUT2D eigenvalue weighted by atomic mass is 10.0. The van der Waals surface area contributed by atoms with Crippen LogP contribution >= 0.6 is 0 Å². The highest BCUT2D eigenvalue weighted by atomic mass is 19.1. The first-order chi connectivity index (χ1) is 9.22. The summed E-state index contributed by atoms with van der Waals surface area (Å²) in [4.78, 5) is 2.27. The Kier molecular flexibility index (Phi) is 5.16. The molecule has 19 heavy (non-hydrogen) atoms. The number of nitrogens with zero attached hydrogens (tertiary/aromatic N) is 1. The third kappa shape index (κ3) is 3.67. The lowest BCUT2D eigenvalue weighted by molar-refractivity contribution is 0.0854. The van der Waals surface area contributed by atoms with Crippen LogP contribution in [0.2, 0.25) is 0 Å². The molecule has 0 unspecified atom stereocenters. The summed E-state index contributed by atoms with van der Waals surface area (Å²) in [6.07, 6.45) is 2.07. The molecular weight excluding hydrogens is 243 g/mol. The predicted molar refractivity (Wildman–Crippen MR) is 76.0 cm³/mol. The molecule has 106 valence electrons. The third-order valence-corrected chi connectivity index (χ3v) is 3.73. The zero-order valence-electron chi connectivity index (χ0n) is 11.8. The molecule has 0 aromatic heterocycles. The highest BCUT2D eigenvalue weighted by Crippen LogP contribution is 2.25. The van der Waals surface area contributed by atoms with E-state index in [0.29, 0.717) is 12.6 Å². The number of hydrogen-bond donors (Lipinski definition) is 1. The van der Waals surface area contributed by atoms with Gasteiger partial charge in [0, 0.05) is 38.5 Å². The van der Waals surface area contributed by atoms with Crippen molar-refractivity contribution in [1.82, 2.24) is 5.32 Å². The van der Waals surface area contributed by atoms with Crippen molar-refractivity contribution in [3.8, 4) is 0 Å². The molecule has 0 saturated carbocycles. The van der Waals surface area contributed by atoms with Crippen LogP contribution in [0.15, 0.2) is 18.2 Å². The third-order valence-electron chi connectivity index (χ3n) is 3.73. The molecule has 1 aliphatic heterocycles. The molecule has 0 atom stereocenters. The first-order valence-corrected chi connectivity index (χ1v) is 7.02. The van der Waals surface area contributed by atoms with Gasteiger partial charge < -0.3 is 15.0 Å². The molecule has 0 spiro atoms. The van der Waals surface area contributed by atoms with Crippen LogP contribution in [0.4, 0.5) is 10.1 Å². The Balaban J connectivity index is 2.16. The summed E-state index contributed by atoms with van der Waals surface area (Å²) in [5, 5.41) is 3.27. The van der Waals surface area contributed by atoms with Gasteiger partial charge >= 0.3 is 0 Å². The summed E-state index contributed by atoms with van der Waals surface area (Å²) in [6.45, 7) is 5.28. The van der Waals surface area contributed by atoms with Crippen molar-refractivity contribution >= 4 is 5.69 Å². The molecule has 0 radical (unpaired) electrons. The normalized spacial score (nSPS) is 16.6. The fraction of sp³-hybridized carbons (Fsp3) is 0.600. The van der Waals surface area contributed by atoms with Gasteiger partial charge in [-0.15, -0.1) is 0 Å². The first-order valence-electron chi connectivity index (χ1n) is 7.02. The van der Waals surface area contributed by atoms with Crippen molar-refractivity contribution in [1.29, 1.82) is 0 Å². The lowest BCUT2D eigenvalue weighted by Crippen LogP contribution is -2.37. The Bertz CT molecular complexity index is 405. The lowest BCUT2D eigenvalue weighted by Gasteiger charge is -2.34. The largest absolute Gasteiger partial charge is 0.381 e. The second-order valence-corrected chi connectivity index (χ2v) is 5.01. The second kappa shape index (κ2) is 6.87. The number of halogens is 1. The van der Waals surface area contributed by atoms with E-state index in [2.05, 4.69) is 24.2 Å². The van der Waals surface area contributed by atoms with E-state index in [4.69, 9.17) is 4.74 Å². The van der Waals surface area contributed by atoms with Gasteiger partial charge in [-0.2, -0.15) is 0 Å². The standard InChI is InChI=1S/C15H23FN2O/c1-3-17-11-12-10-13(16)4-5-15(12)18(2)14-6-8-19-9-7-14/h4-5,10,14,17H,3,6-9,11H2,1-2H3. The maximum Gasteiger partial charge on any atom is 0.123 e. The van der Waals surface area contributed by atoms with Gasteiger partial charge in [0.25, 0.3) is 0 Å². The molecule has 2 rings (SSSR count). The van der Waals surface area contributed by atoms with E-state index in [1.165, 1.54) is 0 Å². The van der Waals surface area contributed by atoms with E-state index in [1.807, 2.05) is 6.07 Å². The average Bonchev–Trinajstić information content (AvgIpc) is 2.45. The topological polar surface area (TPSA) is 24.5 Å². The van der Waals surface area contributed by atoms with Crippen LogP contribution < -0.4 is 10.2 Å². The van der Waals surface area contributed by atoms with Crippen molar-refractivity contribution in [3.05, 3.63) is 29.6 Å². The minimum absolute atomic E-state index is 0.169. The fourth-order valence-electron chi connectivity index (χ4n) is 2.57. The average molecular weight is 266 g/mol. The highest BCUT2D eigenvalue weighted by molar-refractivity contribution is 5.54. The zero-order chi connectivity index (χ0) is 13.7. The van der Waals surface area contributed by atoms with E-state index in [0.717, 1.165) is 43.9 Å². The summed E-state index contributed by atoms with van der Waals surface area (Å²) < 4.78 is 18.8. The first kappa shape index (κ1) is 14.3. The van der Waals surface area contributed by atoms with Crippen molar-refractivity contribution in [2.24, 2.45) is 0 Å². The summed E-state index contributed by atoms with van der Waals surface area (Å²) in [5.41, 5.74) is 2.14. The molecule has 1 N–H and O–H groups in total. The molecule has 1 aliphatic rings. The van der Waals surface area contributed by atoms with Crippen LogP contribution in [0.1, 0.15) is 25.3 Å². The predicted octanol–water partition coefficient (Wildman–Crippen LogP) is 2.55. The van der Waals surface area contributed by atoms with Crippen molar-refractivity contribution < 1.29 is 9.13 Å². The quantitative estimate of drug-likeness (QED) is 0.886. The molecule has 0 aliphatic carbocycles. The SMILES string of the molecule is CCNCc1cc(F)ccc1N(C)C1CCOCC1. The molecule has 1 aromatic rings. The van der Waals surface area contributed by atoms with E-state index in [9.17, 15) is 4.39 Å². The molecule has 1 aromatic carbocycles. The van der Waals surface area contributed by atoms with E-state index < -0.39 is 0 Å². The molecule has 1 fully saturated rings. The van der Waals surface area contributed by atoms with Crippen molar-refractivity contribution in [3.63, 3.8) is 0 Å². The Morgan fingerprint density at radius 1 is 1.37 bits per heavy atom. The Labute approximate surface area is 114 Å². The van der Waals surface area contributed by atoms with Crippen molar-refractivity contribution in [2.45, 2.75) is 32.4 Å². The van der Waals surface area contributed by atoms with Gasteiger partial charge in [0.15, 0.2) is 0 Å². The molecule has 0 bridgehead atoms. The van der Waals surface area contributed by atoms with Gasteiger partial charge in [-0.1, -0.05) is 6.92 Å². The number of rotatable bonds is 5. The van der Waals surface area contributed by atoms with Crippen molar-refractivity contribution in [2.75, 3.05) is 31.7 Å². The fourth-order valence-corrected chi connectivity index (χ4v) is 2.57. The number of anilines is 1. The van der Waals surface area contributed by atoms with Gasteiger partial charge in [0.05, 0.1) is 0 Å². The van der Waals surface area contributed by atoms with Gasteiger partial charge in [-0.25, -0.2) is 4.39 Å². The molecule has 1 saturated heterocycles. The van der Waals surface area contributed by atoms with E-state index >= 15 is 0 Å².